The van der Waals surface area contributed by atoms with E-state index in [1.165, 1.54) is 11.3 Å². The number of rotatable bonds is 4. The molecule has 1 rings (SSSR count). The van der Waals surface area contributed by atoms with E-state index in [0.29, 0.717) is 10.6 Å². The van der Waals surface area contributed by atoms with Crippen LogP contribution in [0.2, 0.25) is 0 Å². The predicted octanol–water partition coefficient (Wildman–Crippen LogP) is 3.86. The van der Waals surface area contributed by atoms with Crippen LogP contribution in [0.5, 0.6) is 0 Å². The predicted molar refractivity (Wildman–Crippen MR) is 80.7 cm³/mol. The van der Waals surface area contributed by atoms with Gasteiger partial charge in [0.05, 0.1) is 17.0 Å². The minimum Gasteiger partial charge on any atom is -0.317 e. The van der Waals surface area contributed by atoms with Crippen LogP contribution in [0.3, 0.4) is 0 Å². The van der Waals surface area contributed by atoms with Crippen LogP contribution < -0.4 is 5.32 Å². The average Bonchev–Trinajstić information content (AvgIpc) is 2.73. The lowest BCUT2D eigenvalue weighted by atomic mass is 9.87. The lowest BCUT2D eigenvalue weighted by Crippen LogP contribution is -2.24. The van der Waals surface area contributed by atoms with Gasteiger partial charge in [0.2, 0.25) is 5.91 Å². The largest absolute Gasteiger partial charge is 0.317 e. The first-order valence-corrected chi connectivity index (χ1v) is 7.28. The minimum atomic E-state index is -0.713. The molecule has 108 valence electrons. The van der Waals surface area contributed by atoms with Crippen molar-refractivity contribution < 1.29 is 9.59 Å². The van der Waals surface area contributed by atoms with E-state index in [0.717, 1.165) is 0 Å². The molecule has 1 aromatic heterocycles. The highest BCUT2D eigenvalue weighted by atomic mass is 32.1. The molecular formula is C15H20N2O2S. The highest BCUT2D eigenvalue weighted by Crippen LogP contribution is 2.31. The van der Waals surface area contributed by atoms with Crippen molar-refractivity contribution in [2.24, 2.45) is 10.8 Å². The van der Waals surface area contributed by atoms with Gasteiger partial charge in [-0.15, -0.1) is 11.3 Å². The quantitative estimate of drug-likeness (QED) is 0.857. The normalized spacial score (nSPS) is 11.8. The van der Waals surface area contributed by atoms with E-state index < -0.39 is 10.8 Å². The number of nitrogens with one attached hydrogen (secondary N) is 1. The average molecular weight is 292 g/mol. The molecule has 20 heavy (non-hydrogen) atoms. The van der Waals surface area contributed by atoms with Crippen LogP contribution in [-0.4, -0.2) is 11.7 Å². The number of Topliss-reactive ketones (excluding diaryl/α,β-unsaturated/α-hetero) is 1. The summed E-state index contributed by atoms with van der Waals surface area (Å²) in [6, 6.07) is 3.81. The summed E-state index contributed by atoms with van der Waals surface area (Å²) in [5, 5.41) is 14.0. The van der Waals surface area contributed by atoms with Gasteiger partial charge in [-0.1, -0.05) is 20.8 Å². The smallest absolute Gasteiger partial charge is 0.226 e. The van der Waals surface area contributed by atoms with Crippen LogP contribution in [0.4, 0.5) is 5.00 Å². The first kappa shape index (κ1) is 16.4. The summed E-state index contributed by atoms with van der Waals surface area (Å²) in [4.78, 5) is 24.2. The van der Waals surface area contributed by atoms with E-state index in [-0.39, 0.29) is 18.1 Å². The fourth-order valence-corrected chi connectivity index (χ4v) is 2.40. The van der Waals surface area contributed by atoms with E-state index >= 15 is 0 Å². The molecule has 0 aliphatic rings. The summed E-state index contributed by atoms with van der Waals surface area (Å²) >= 11 is 1.32. The highest BCUT2D eigenvalue weighted by Gasteiger charge is 2.27. The van der Waals surface area contributed by atoms with E-state index in [2.05, 4.69) is 11.4 Å². The molecule has 1 aromatic rings. The molecule has 0 saturated carbocycles. The Bertz CT molecular complexity index is 559. The van der Waals surface area contributed by atoms with Crippen molar-refractivity contribution >= 4 is 28.0 Å². The Morgan fingerprint density at radius 3 is 2.40 bits per heavy atom. The van der Waals surface area contributed by atoms with Gasteiger partial charge in [-0.25, -0.2) is 0 Å². The first-order chi connectivity index (χ1) is 9.07. The van der Waals surface area contributed by atoms with Gasteiger partial charge in [-0.3, -0.25) is 9.59 Å². The maximum atomic E-state index is 12.3. The van der Waals surface area contributed by atoms with Crippen molar-refractivity contribution in [2.45, 2.75) is 41.0 Å². The number of carbonyl (C=O) groups excluding carboxylic acids is 2. The monoisotopic (exact) mass is 292 g/mol. The fraction of sp³-hybridized carbons (Fsp3) is 0.533. The van der Waals surface area contributed by atoms with Gasteiger partial charge in [0.15, 0.2) is 5.78 Å². The topological polar surface area (TPSA) is 70.0 Å². The third kappa shape index (κ3) is 4.17. The zero-order valence-corrected chi connectivity index (χ0v) is 13.4. The number of thiophene rings is 1. The summed E-state index contributed by atoms with van der Waals surface area (Å²) in [7, 11) is 0. The number of carbonyl (C=O) groups is 2. The van der Waals surface area contributed by atoms with E-state index in [4.69, 9.17) is 5.26 Å². The third-order valence-electron chi connectivity index (χ3n) is 2.75. The number of anilines is 1. The van der Waals surface area contributed by atoms with Crippen LogP contribution >= 0.6 is 11.3 Å². The second-order valence-electron chi connectivity index (χ2n) is 6.46. The Morgan fingerprint density at radius 2 is 1.90 bits per heavy atom. The SMILES string of the molecule is CC(C)(C#N)CC(=O)Nc1sccc1C(=O)C(C)(C)C. The lowest BCUT2D eigenvalue weighted by molar-refractivity contribution is -0.117. The van der Waals surface area contributed by atoms with Gasteiger partial charge in [0.25, 0.3) is 0 Å². The Balaban J connectivity index is 2.87. The Hall–Kier alpha value is -1.67. The van der Waals surface area contributed by atoms with Gasteiger partial charge in [0.1, 0.15) is 5.00 Å². The van der Waals surface area contributed by atoms with Crippen molar-refractivity contribution in [1.82, 2.24) is 0 Å². The van der Waals surface area contributed by atoms with Gasteiger partial charge >= 0.3 is 0 Å². The molecule has 0 aliphatic heterocycles. The van der Waals surface area contributed by atoms with Gasteiger partial charge in [-0.2, -0.15) is 5.26 Å². The van der Waals surface area contributed by atoms with Crippen LogP contribution in [-0.2, 0) is 4.79 Å². The van der Waals surface area contributed by atoms with Crippen LogP contribution in [0.15, 0.2) is 11.4 Å². The molecule has 1 heterocycles. The number of nitriles is 1. The summed E-state index contributed by atoms with van der Waals surface area (Å²) in [5.74, 6) is -0.254. The molecule has 1 N–H and O–H groups in total. The summed E-state index contributed by atoms with van der Waals surface area (Å²) in [5.41, 5.74) is -0.673. The number of hydrogen-bond acceptors (Lipinski definition) is 4. The first-order valence-electron chi connectivity index (χ1n) is 6.40. The summed E-state index contributed by atoms with van der Waals surface area (Å²) in [6.45, 7) is 8.95. The van der Waals surface area contributed by atoms with Crippen molar-refractivity contribution in [3.63, 3.8) is 0 Å². The molecule has 5 heteroatoms. The second-order valence-corrected chi connectivity index (χ2v) is 7.38. The van der Waals surface area contributed by atoms with Crippen LogP contribution in [0.25, 0.3) is 0 Å². The Labute approximate surface area is 123 Å². The molecule has 0 atom stereocenters. The van der Waals surface area contributed by atoms with Crippen LogP contribution in [0.1, 0.15) is 51.4 Å². The molecule has 0 saturated heterocycles. The van der Waals surface area contributed by atoms with E-state index in [1.54, 1.807) is 25.3 Å². The number of hydrogen-bond donors (Lipinski definition) is 1. The fourth-order valence-electron chi connectivity index (χ4n) is 1.60. The molecule has 1 amide bonds. The highest BCUT2D eigenvalue weighted by molar-refractivity contribution is 7.14. The minimum absolute atomic E-state index is 0.00593. The number of amides is 1. The number of ketones is 1. The van der Waals surface area contributed by atoms with Crippen molar-refractivity contribution in [3.8, 4) is 6.07 Å². The lowest BCUT2D eigenvalue weighted by Gasteiger charge is -2.18. The van der Waals surface area contributed by atoms with Gasteiger partial charge < -0.3 is 5.32 Å². The van der Waals surface area contributed by atoms with Gasteiger partial charge in [0, 0.05) is 11.8 Å². The van der Waals surface area contributed by atoms with E-state index in [9.17, 15) is 9.59 Å². The molecule has 0 spiro atoms. The molecular weight excluding hydrogens is 272 g/mol. The molecule has 0 unspecified atom stereocenters. The Morgan fingerprint density at radius 1 is 1.30 bits per heavy atom. The van der Waals surface area contributed by atoms with Crippen molar-refractivity contribution in [2.75, 3.05) is 5.32 Å². The molecule has 0 aliphatic carbocycles. The zero-order valence-electron chi connectivity index (χ0n) is 12.5. The van der Waals surface area contributed by atoms with Crippen molar-refractivity contribution in [1.29, 1.82) is 5.26 Å². The summed E-state index contributed by atoms with van der Waals surface area (Å²) < 4.78 is 0. The molecule has 4 nitrogen and oxygen atoms in total. The molecule has 0 radical (unpaired) electrons. The summed E-state index contributed by atoms with van der Waals surface area (Å²) in [6.07, 6.45) is 0.102. The second kappa shape index (κ2) is 5.76. The zero-order chi connectivity index (χ0) is 15.6. The molecule has 0 fully saturated rings. The standard InChI is InChI=1S/C15H20N2O2S/c1-14(2,3)12(19)10-6-7-20-13(10)17-11(18)8-15(4,5)9-16/h6-7H,8H2,1-5H3,(H,17,18). The van der Waals surface area contributed by atoms with E-state index in [1.807, 2.05) is 20.8 Å². The maximum absolute atomic E-state index is 12.3. The molecule has 0 aromatic carbocycles. The van der Waals surface area contributed by atoms with Gasteiger partial charge in [-0.05, 0) is 25.3 Å². The maximum Gasteiger partial charge on any atom is 0.226 e. The third-order valence-corrected chi connectivity index (χ3v) is 3.58. The molecule has 0 bridgehead atoms. The number of nitrogens with zero attached hydrogens (tertiary/aromatic N) is 1. The van der Waals surface area contributed by atoms with Crippen LogP contribution in [0, 0.1) is 22.2 Å². The Kier molecular flexibility index (Phi) is 4.72. The van der Waals surface area contributed by atoms with Crippen molar-refractivity contribution in [3.05, 3.63) is 17.0 Å².